The molecule has 1 amide bonds. The van der Waals surface area contributed by atoms with Crippen LogP contribution >= 0.6 is 0 Å². The van der Waals surface area contributed by atoms with Gasteiger partial charge in [0.1, 0.15) is 28.6 Å². The van der Waals surface area contributed by atoms with Crippen molar-refractivity contribution in [3.8, 4) is 22.9 Å². The summed E-state index contributed by atoms with van der Waals surface area (Å²) in [5, 5.41) is 23.4. The number of hydrogen-bond acceptors (Lipinski definition) is 7. The van der Waals surface area contributed by atoms with E-state index in [0.717, 1.165) is 0 Å². The Morgan fingerprint density at radius 1 is 1.03 bits per heavy atom. The fourth-order valence-electron chi connectivity index (χ4n) is 4.41. The molecule has 0 fully saturated rings. The summed E-state index contributed by atoms with van der Waals surface area (Å²) in [6.45, 7) is 5.10. The molecule has 0 saturated heterocycles. The number of nitrogens with zero attached hydrogens (tertiary/aromatic N) is 4. The first-order valence-electron chi connectivity index (χ1n) is 12.3. The highest BCUT2D eigenvalue weighted by Crippen LogP contribution is 2.30. The Bertz CT molecular complexity index is 1710. The first-order chi connectivity index (χ1) is 18.7. The molecule has 3 N–H and O–H groups in total. The van der Waals surface area contributed by atoms with Gasteiger partial charge < -0.3 is 20.3 Å². The lowest BCUT2D eigenvalue weighted by molar-refractivity contribution is 0.102. The Labute approximate surface area is 223 Å². The van der Waals surface area contributed by atoms with Gasteiger partial charge in [-0.2, -0.15) is 0 Å². The van der Waals surface area contributed by atoms with Gasteiger partial charge in [0.15, 0.2) is 0 Å². The van der Waals surface area contributed by atoms with Crippen LogP contribution in [0.4, 0.5) is 5.82 Å². The maximum absolute atomic E-state index is 13.5. The third kappa shape index (κ3) is 4.97. The van der Waals surface area contributed by atoms with E-state index in [4.69, 9.17) is 4.74 Å². The van der Waals surface area contributed by atoms with Crippen LogP contribution in [-0.2, 0) is 0 Å². The largest absolute Gasteiger partial charge is 0.508 e. The number of hydrogen-bond donors (Lipinski definition) is 3. The van der Waals surface area contributed by atoms with Gasteiger partial charge >= 0.3 is 0 Å². The Hall–Kier alpha value is -4.96. The lowest BCUT2D eigenvalue weighted by Crippen LogP contribution is -2.29. The summed E-state index contributed by atoms with van der Waals surface area (Å²) in [7, 11) is 0. The number of aromatic nitrogens is 4. The van der Waals surface area contributed by atoms with Crippen molar-refractivity contribution in [3.63, 3.8) is 0 Å². The van der Waals surface area contributed by atoms with Crippen molar-refractivity contribution in [2.75, 3.05) is 5.32 Å². The number of phenols is 1. The van der Waals surface area contributed by atoms with E-state index >= 15 is 0 Å². The second-order valence-corrected chi connectivity index (χ2v) is 9.18. The number of aliphatic hydroxyl groups excluding tert-OH is 1. The topological polar surface area (TPSA) is 132 Å². The van der Waals surface area contributed by atoms with Crippen molar-refractivity contribution in [1.29, 1.82) is 0 Å². The van der Waals surface area contributed by atoms with E-state index in [0.29, 0.717) is 33.8 Å². The van der Waals surface area contributed by atoms with Gasteiger partial charge in [0.25, 0.3) is 11.5 Å². The van der Waals surface area contributed by atoms with Crippen LogP contribution in [-0.4, -0.2) is 41.6 Å². The number of rotatable bonds is 7. The molecule has 2 atom stereocenters. The molecule has 5 rings (SSSR count). The number of pyridine rings is 2. The minimum absolute atomic E-state index is 0.0417. The molecule has 10 nitrogen and oxygen atoms in total. The minimum Gasteiger partial charge on any atom is -0.508 e. The van der Waals surface area contributed by atoms with Gasteiger partial charge in [0, 0.05) is 17.6 Å². The van der Waals surface area contributed by atoms with Gasteiger partial charge in [-0.25, -0.2) is 9.67 Å². The Morgan fingerprint density at radius 3 is 2.49 bits per heavy atom. The normalized spacial score (nSPS) is 12.7. The lowest BCUT2D eigenvalue weighted by Gasteiger charge is -2.22. The first-order valence-corrected chi connectivity index (χ1v) is 12.3. The summed E-state index contributed by atoms with van der Waals surface area (Å²) >= 11 is 0. The molecule has 39 heavy (non-hydrogen) atoms. The number of aromatic hydroxyl groups is 1. The fraction of sp³-hybridized carbons (Fsp3) is 0.172. The molecule has 2 aromatic carbocycles. The third-order valence-corrected chi connectivity index (χ3v) is 6.53. The number of carbonyl (C=O) groups is 1. The van der Waals surface area contributed by atoms with E-state index < -0.39 is 23.6 Å². The zero-order chi connectivity index (χ0) is 27.7. The van der Waals surface area contributed by atoms with Crippen molar-refractivity contribution in [2.45, 2.75) is 32.9 Å². The van der Waals surface area contributed by atoms with Gasteiger partial charge in [-0.15, -0.1) is 0 Å². The van der Waals surface area contributed by atoms with Crippen molar-refractivity contribution in [1.82, 2.24) is 19.3 Å². The molecule has 0 aliphatic heterocycles. The minimum atomic E-state index is -0.765. The SMILES string of the molecule is Cc1c(C(=O)Nc2ccc(Oc3ccnc4cc(O)ccc34)cn2)c(=O)n(-c2ccccc2)n1[C@H](C)[C@@H](C)O. The number of ether oxygens (including phenoxy) is 1. The summed E-state index contributed by atoms with van der Waals surface area (Å²) in [6.07, 6.45) is 2.27. The van der Waals surface area contributed by atoms with E-state index in [-0.39, 0.29) is 17.1 Å². The smallest absolute Gasteiger partial charge is 0.284 e. The highest BCUT2D eigenvalue weighted by atomic mass is 16.5. The standard InChI is InChI=1S/C29H27N5O5/c1-17(19(3)35)33-18(2)27(29(38)34(33)20-7-5-4-6-8-20)28(37)32-26-12-10-22(16-31-26)39-25-13-14-30-24-15-21(36)9-11-23(24)25/h4-17,19,35-36H,1-3H3,(H,31,32,37)/t17-,19-/m1/s1. The highest BCUT2D eigenvalue weighted by Gasteiger charge is 2.27. The van der Waals surface area contributed by atoms with Crippen molar-refractivity contribution in [3.05, 3.63) is 101 Å². The van der Waals surface area contributed by atoms with Crippen LogP contribution in [0.1, 0.15) is 35.9 Å². The maximum Gasteiger partial charge on any atom is 0.284 e. The molecule has 5 aromatic rings. The van der Waals surface area contributed by atoms with Crippen molar-refractivity contribution < 1.29 is 19.7 Å². The van der Waals surface area contributed by atoms with E-state index in [1.54, 1.807) is 92.3 Å². The molecule has 0 unspecified atom stereocenters. The van der Waals surface area contributed by atoms with Crippen LogP contribution in [0, 0.1) is 6.92 Å². The van der Waals surface area contributed by atoms with Gasteiger partial charge in [-0.1, -0.05) is 18.2 Å². The second kappa shape index (κ2) is 10.4. The number of amides is 1. The average molecular weight is 526 g/mol. The van der Waals surface area contributed by atoms with Gasteiger partial charge in [0.05, 0.1) is 35.2 Å². The molecular formula is C29H27N5O5. The van der Waals surface area contributed by atoms with Crippen LogP contribution in [0.5, 0.6) is 17.2 Å². The molecule has 0 saturated carbocycles. The fourth-order valence-corrected chi connectivity index (χ4v) is 4.41. The summed E-state index contributed by atoms with van der Waals surface area (Å²) in [5.74, 6) is 0.686. The molecule has 198 valence electrons. The van der Waals surface area contributed by atoms with E-state index in [1.807, 2.05) is 6.07 Å². The molecule has 0 radical (unpaired) electrons. The molecule has 0 aliphatic carbocycles. The van der Waals surface area contributed by atoms with Crippen LogP contribution in [0.15, 0.2) is 83.9 Å². The van der Waals surface area contributed by atoms with E-state index in [2.05, 4.69) is 15.3 Å². The number of carbonyl (C=O) groups excluding carboxylic acids is 1. The molecule has 10 heteroatoms. The quantitative estimate of drug-likeness (QED) is 0.283. The van der Waals surface area contributed by atoms with Crippen LogP contribution in [0.25, 0.3) is 16.6 Å². The molecule has 0 spiro atoms. The van der Waals surface area contributed by atoms with Crippen LogP contribution in [0.2, 0.25) is 0 Å². The summed E-state index contributed by atoms with van der Waals surface area (Å²) < 4.78 is 9.00. The number of fused-ring (bicyclic) bond motifs is 1. The predicted molar refractivity (Wildman–Crippen MR) is 147 cm³/mol. The third-order valence-electron chi connectivity index (χ3n) is 6.53. The second-order valence-electron chi connectivity index (χ2n) is 9.18. The summed E-state index contributed by atoms with van der Waals surface area (Å²) in [4.78, 5) is 35.3. The summed E-state index contributed by atoms with van der Waals surface area (Å²) in [5.41, 5.74) is 1.04. The van der Waals surface area contributed by atoms with Gasteiger partial charge in [-0.3, -0.25) is 19.3 Å². The van der Waals surface area contributed by atoms with Crippen LogP contribution in [0.3, 0.4) is 0 Å². The molecule has 0 bridgehead atoms. The lowest BCUT2D eigenvalue weighted by atomic mass is 10.2. The molecule has 3 heterocycles. The molecule has 0 aliphatic rings. The predicted octanol–water partition coefficient (Wildman–Crippen LogP) is 4.58. The number of phenolic OH excluding ortho intramolecular Hbond substituents is 1. The van der Waals surface area contributed by atoms with Crippen LogP contribution < -0.4 is 15.6 Å². The molecular weight excluding hydrogens is 498 g/mol. The Morgan fingerprint density at radius 2 is 1.79 bits per heavy atom. The zero-order valence-corrected chi connectivity index (χ0v) is 21.6. The maximum atomic E-state index is 13.5. The number of nitrogens with one attached hydrogen (secondary N) is 1. The van der Waals surface area contributed by atoms with Crippen molar-refractivity contribution in [2.24, 2.45) is 0 Å². The van der Waals surface area contributed by atoms with Gasteiger partial charge in [0.2, 0.25) is 0 Å². The number of benzene rings is 2. The molecule has 3 aromatic heterocycles. The monoisotopic (exact) mass is 525 g/mol. The summed E-state index contributed by atoms with van der Waals surface area (Å²) in [6, 6.07) is 18.2. The highest BCUT2D eigenvalue weighted by molar-refractivity contribution is 6.04. The number of para-hydroxylation sites is 1. The van der Waals surface area contributed by atoms with E-state index in [9.17, 15) is 19.8 Å². The van der Waals surface area contributed by atoms with Gasteiger partial charge in [-0.05, 0) is 63.2 Å². The Kier molecular flexibility index (Phi) is 6.86. The van der Waals surface area contributed by atoms with Crippen molar-refractivity contribution >= 4 is 22.6 Å². The first kappa shape index (κ1) is 25.7. The average Bonchev–Trinajstić information content (AvgIpc) is 3.19. The Balaban J connectivity index is 1.42. The van der Waals surface area contributed by atoms with E-state index in [1.165, 1.54) is 10.9 Å². The number of anilines is 1. The number of aliphatic hydroxyl groups is 1. The zero-order valence-electron chi connectivity index (χ0n) is 21.6.